The molecule has 0 aliphatic heterocycles. The van der Waals surface area contributed by atoms with E-state index in [0.29, 0.717) is 17.4 Å². The van der Waals surface area contributed by atoms with Crippen molar-refractivity contribution in [2.75, 3.05) is 6.54 Å². The molecule has 0 unspecified atom stereocenters. The maximum atomic E-state index is 11.9. The second-order valence-electron chi connectivity index (χ2n) is 5.68. The van der Waals surface area contributed by atoms with E-state index >= 15 is 0 Å². The van der Waals surface area contributed by atoms with Crippen molar-refractivity contribution in [3.05, 3.63) is 28.5 Å². The summed E-state index contributed by atoms with van der Waals surface area (Å²) >= 11 is 7.55. The molecule has 7 heteroatoms. The Labute approximate surface area is 137 Å². The Bertz CT molecular complexity index is 701. The van der Waals surface area contributed by atoms with Gasteiger partial charge in [-0.05, 0) is 18.9 Å². The number of fused-ring (bicyclic) bond motifs is 1. The lowest BCUT2D eigenvalue weighted by Crippen LogP contribution is -2.43. The van der Waals surface area contributed by atoms with Gasteiger partial charge in [0.15, 0.2) is 10.1 Å². The number of imidazole rings is 1. The molecule has 1 aliphatic carbocycles. The van der Waals surface area contributed by atoms with E-state index in [1.54, 1.807) is 6.08 Å². The maximum Gasteiger partial charge on any atom is 0.244 e. The predicted octanol–water partition coefficient (Wildman–Crippen LogP) is 2.87. The third kappa shape index (κ3) is 3.34. The number of halogens is 1. The molecule has 118 valence electrons. The van der Waals surface area contributed by atoms with E-state index in [9.17, 15) is 9.90 Å². The fraction of sp³-hybridized carbons (Fsp3) is 0.467. The van der Waals surface area contributed by atoms with Gasteiger partial charge in [0.25, 0.3) is 0 Å². The Morgan fingerprint density at radius 3 is 3.05 bits per heavy atom. The summed E-state index contributed by atoms with van der Waals surface area (Å²) in [7, 11) is 0. The second-order valence-corrected chi connectivity index (χ2v) is 6.91. The van der Waals surface area contributed by atoms with Crippen LogP contribution in [0.1, 0.15) is 37.8 Å². The number of amides is 1. The summed E-state index contributed by atoms with van der Waals surface area (Å²) in [6.45, 7) is 0.296. The summed E-state index contributed by atoms with van der Waals surface area (Å²) in [5.74, 6) is -0.236. The number of carbonyl (C=O) groups is 1. The van der Waals surface area contributed by atoms with Crippen LogP contribution in [-0.4, -0.2) is 32.5 Å². The van der Waals surface area contributed by atoms with E-state index in [0.717, 1.165) is 37.1 Å². The van der Waals surface area contributed by atoms with E-state index in [4.69, 9.17) is 11.6 Å². The Morgan fingerprint density at radius 1 is 1.50 bits per heavy atom. The van der Waals surface area contributed by atoms with Crippen molar-refractivity contribution in [3.8, 4) is 0 Å². The lowest BCUT2D eigenvalue weighted by molar-refractivity contribution is -0.118. The molecule has 5 nitrogen and oxygen atoms in total. The average Bonchev–Trinajstić information content (AvgIpc) is 3.05. The highest BCUT2D eigenvalue weighted by molar-refractivity contribution is 7.15. The average molecular weight is 340 g/mol. The molecule has 1 aliphatic rings. The zero-order chi connectivity index (χ0) is 15.6. The summed E-state index contributed by atoms with van der Waals surface area (Å²) in [4.78, 5) is 16.9. The van der Waals surface area contributed by atoms with E-state index in [1.807, 2.05) is 16.0 Å². The summed E-state index contributed by atoms with van der Waals surface area (Å²) in [6.07, 6.45) is 9.64. The van der Waals surface area contributed by atoms with E-state index < -0.39 is 5.60 Å². The molecule has 0 saturated heterocycles. The van der Waals surface area contributed by atoms with Crippen molar-refractivity contribution in [1.29, 1.82) is 0 Å². The molecule has 0 radical (unpaired) electrons. The number of hydrogen-bond acceptors (Lipinski definition) is 4. The zero-order valence-electron chi connectivity index (χ0n) is 12.1. The molecule has 3 rings (SSSR count). The van der Waals surface area contributed by atoms with Gasteiger partial charge in [-0.3, -0.25) is 9.20 Å². The van der Waals surface area contributed by atoms with Crippen LogP contribution in [0.4, 0.5) is 0 Å². The number of thiazole rings is 1. The van der Waals surface area contributed by atoms with Crippen LogP contribution in [0.15, 0.2) is 17.7 Å². The minimum Gasteiger partial charge on any atom is -0.388 e. The molecule has 0 spiro atoms. The van der Waals surface area contributed by atoms with E-state index in [2.05, 4.69) is 10.3 Å². The first-order valence-electron chi connectivity index (χ1n) is 7.37. The highest BCUT2D eigenvalue weighted by atomic mass is 35.5. The summed E-state index contributed by atoms with van der Waals surface area (Å²) < 4.78 is 1.84. The van der Waals surface area contributed by atoms with Crippen LogP contribution >= 0.6 is 22.9 Å². The van der Waals surface area contributed by atoms with Gasteiger partial charge in [-0.1, -0.05) is 30.9 Å². The standard InChI is InChI=1S/C15H18ClN3O2S/c16-13-11(19-8-9-22-14(19)18-13)4-5-12(20)17-10-15(21)6-2-1-3-7-15/h4-5,8-9,21H,1-3,6-7,10H2,(H,17,20)/b5-4-. The molecule has 1 fully saturated rings. The zero-order valence-corrected chi connectivity index (χ0v) is 13.7. The summed E-state index contributed by atoms with van der Waals surface area (Å²) in [5.41, 5.74) is -0.0687. The number of carbonyl (C=O) groups excluding carboxylic acids is 1. The third-order valence-electron chi connectivity index (χ3n) is 4.02. The molecule has 0 atom stereocenters. The molecule has 22 heavy (non-hydrogen) atoms. The van der Waals surface area contributed by atoms with Gasteiger partial charge in [0.2, 0.25) is 5.91 Å². The molecule has 2 N–H and O–H groups in total. The number of aliphatic hydroxyl groups is 1. The molecule has 1 saturated carbocycles. The summed E-state index contributed by atoms with van der Waals surface area (Å²) in [6, 6.07) is 0. The first kappa shape index (κ1) is 15.5. The Morgan fingerprint density at radius 2 is 2.27 bits per heavy atom. The third-order valence-corrected chi connectivity index (χ3v) is 5.06. The first-order chi connectivity index (χ1) is 10.6. The van der Waals surface area contributed by atoms with E-state index in [-0.39, 0.29) is 5.91 Å². The van der Waals surface area contributed by atoms with Crippen molar-refractivity contribution in [1.82, 2.24) is 14.7 Å². The number of aromatic nitrogens is 2. The molecule has 0 aromatic carbocycles. The smallest absolute Gasteiger partial charge is 0.244 e. The van der Waals surface area contributed by atoms with Crippen LogP contribution in [0.3, 0.4) is 0 Å². The molecular weight excluding hydrogens is 322 g/mol. The highest BCUT2D eigenvalue weighted by Crippen LogP contribution is 2.27. The van der Waals surface area contributed by atoms with Gasteiger partial charge in [0.1, 0.15) is 0 Å². The molecule has 2 aromatic rings. The van der Waals surface area contributed by atoms with Crippen LogP contribution in [0, 0.1) is 0 Å². The lowest BCUT2D eigenvalue weighted by Gasteiger charge is -2.31. The maximum absolute atomic E-state index is 11.9. The normalized spacial score (nSPS) is 18.1. The fourth-order valence-corrected chi connectivity index (χ4v) is 3.78. The largest absolute Gasteiger partial charge is 0.388 e. The van der Waals surface area contributed by atoms with Crippen LogP contribution in [0.5, 0.6) is 0 Å². The van der Waals surface area contributed by atoms with Crippen molar-refractivity contribution in [3.63, 3.8) is 0 Å². The number of hydrogen-bond donors (Lipinski definition) is 2. The van der Waals surface area contributed by atoms with Gasteiger partial charge in [-0.25, -0.2) is 4.98 Å². The van der Waals surface area contributed by atoms with Crippen LogP contribution in [0.25, 0.3) is 11.0 Å². The van der Waals surface area contributed by atoms with Crippen molar-refractivity contribution >= 4 is 39.9 Å². The molecule has 2 aromatic heterocycles. The summed E-state index contributed by atoms with van der Waals surface area (Å²) in [5, 5.41) is 15.4. The Hall–Kier alpha value is -1.37. The van der Waals surface area contributed by atoms with Crippen LogP contribution < -0.4 is 5.32 Å². The van der Waals surface area contributed by atoms with Crippen LogP contribution in [0.2, 0.25) is 5.15 Å². The number of rotatable bonds is 4. The van der Waals surface area contributed by atoms with Gasteiger partial charge in [-0.2, -0.15) is 0 Å². The highest BCUT2D eigenvalue weighted by Gasteiger charge is 2.29. The second kappa shape index (κ2) is 6.40. The van der Waals surface area contributed by atoms with Gasteiger partial charge >= 0.3 is 0 Å². The van der Waals surface area contributed by atoms with Gasteiger partial charge in [-0.15, -0.1) is 11.3 Å². The van der Waals surface area contributed by atoms with E-state index in [1.165, 1.54) is 17.4 Å². The Balaban J connectivity index is 1.61. The fourth-order valence-electron chi connectivity index (χ4n) is 2.78. The molecular formula is C15H18ClN3O2S. The monoisotopic (exact) mass is 339 g/mol. The van der Waals surface area contributed by atoms with Crippen molar-refractivity contribution in [2.45, 2.75) is 37.7 Å². The van der Waals surface area contributed by atoms with Crippen molar-refractivity contribution < 1.29 is 9.90 Å². The molecule has 0 bridgehead atoms. The topological polar surface area (TPSA) is 66.6 Å². The predicted molar refractivity (Wildman–Crippen MR) is 88.2 cm³/mol. The van der Waals surface area contributed by atoms with Gasteiger partial charge < -0.3 is 10.4 Å². The number of nitrogens with one attached hydrogen (secondary N) is 1. The molecule has 2 heterocycles. The first-order valence-corrected chi connectivity index (χ1v) is 8.63. The van der Waals surface area contributed by atoms with Gasteiger partial charge in [0, 0.05) is 24.2 Å². The quantitative estimate of drug-likeness (QED) is 0.842. The van der Waals surface area contributed by atoms with Crippen molar-refractivity contribution in [2.24, 2.45) is 0 Å². The van der Waals surface area contributed by atoms with Gasteiger partial charge in [0.05, 0.1) is 11.3 Å². The lowest BCUT2D eigenvalue weighted by atomic mass is 9.85. The van der Waals surface area contributed by atoms with Crippen LogP contribution in [-0.2, 0) is 4.79 Å². The minimum absolute atomic E-state index is 0.236. The molecule has 1 amide bonds. The minimum atomic E-state index is -0.753. The Kier molecular flexibility index (Phi) is 4.52. The SMILES string of the molecule is O=C(/C=C\c1c(Cl)nc2sccn12)NCC1(O)CCCCC1. The number of nitrogens with zero attached hydrogens (tertiary/aromatic N) is 2.